The van der Waals surface area contributed by atoms with Crippen LogP contribution in [0, 0.1) is 6.92 Å². The third-order valence-corrected chi connectivity index (χ3v) is 3.39. The first-order valence-electron chi connectivity index (χ1n) is 7.13. The van der Waals surface area contributed by atoms with Gasteiger partial charge in [-0.3, -0.25) is 4.68 Å². The van der Waals surface area contributed by atoms with Crippen molar-refractivity contribution in [3.05, 3.63) is 47.8 Å². The minimum atomic E-state index is 0.244. The summed E-state index contributed by atoms with van der Waals surface area (Å²) >= 11 is 0. The van der Waals surface area contributed by atoms with E-state index in [0.717, 1.165) is 25.3 Å². The molecule has 1 unspecified atom stereocenters. The number of rotatable bonds is 7. The zero-order valence-electron chi connectivity index (χ0n) is 12.5. The Hall–Kier alpha value is -1.81. The Labute approximate surface area is 120 Å². The summed E-state index contributed by atoms with van der Waals surface area (Å²) in [6.07, 6.45) is 2.86. The second-order valence-electron chi connectivity index (χ2n) is 4.91. The van der Waals surface area contributed by atoms with Crippen LogP contribution in [0.1, 0.15) is 30.6 Å². The Balaban J connectivity index is 2.05. The standard InChI is InChI=1S/C16H23N3O/c1-4-11-20-15-7-5-14(6-8-15)16(17-3)12-19-13(2)9-10-18-19/h5-10,16-17H,4,11-12H2,1-3H3. The fraction of sp³-hybridized carbons (Fsp3) is 0.438. The maximum Gasteiger partial charge on any atom is 0.119 e. The molecular formula is C16H23N3O. The molecule has 4 heteroatoms. The average Bonchev–Trinajstić information content (AvgIpc) is 2.88. The normalized spacial score (nSPS) is 12.3. The number of likely N-dealkylation sites (N-methyl/N-ethyl adjacent to an activating group) is 1. The molecule has 0 bridgehead atoms. The molecule has 20 heavy (non-hydrogen) atoms. The smallest absolute Gasteiger partial charge is 0.119 e. The first kappa shape index (κ1) is 14.6. The SMILES string of the molecule is CCCOc1ccc(C(Cn2nccc2C)NC)cc1. The van der Waals surface area contributed by atoms with Gasteiger partial charge in [-0.25, -0.2) is 0 Å². The molecule has 0 saturated heterocycles. The van der Waals surface area contributed by atoms with Gasteiger partial charge in [0.2, 0.25) is 0 Å². The van der Waals surface area contributed by atoms with Crippen LogP contribution in [-0.4, -0.2) is 23.4 Å². The topological polar surface area (TPSA) is 39.1 Å². The van der Waals surface area contributed by atoms with Crippen molar-refractivity contribution in [2.75, 3.05) is 13.7 Å². The van der Waals surface area contributed by atoms with Gasteiger partial charge in [-0.05, 0) is 44.2 Å². The average molecular weight is 273 g/mol. The van der Waals surface area contributed by atoms with Crippen molar-refractivity contribution in [2.24, 2.45) is 0 Å². The lowest BCUT2D eigenvalue weighted by molar-refractivity contribution is 0.317. The van der Waals surface area contributed by atoms with Crippen LogP contribution in [-0.2, 0) is 6.54 Å². The minimum absolute atomic E-state index is 0.244. The zero-order chi connectivity index (χ0) is 14.4. The van der Waals surface area contributed by atoms with Gasteiger partial charge >= 0.3 is 0 Å². The lowest BCUT2D eigenvalue weighted by Crippen LogP contribution is -2.23. The molecule has 0 aliphatic heterocycles. The van der Waals surface area contributed by atoms with Crippen molar-refractivity contribution >= 4 is 0 Å². The Morgan fingerprint density at radius 1 is 1.25 bits per heavy atom. The third-order valence-electron chi connectivity index (χ3n) is 3.39. The van der Waals surface area contributed by atoms with Gasteiger partial charge in [0.05, 0.1) is 19.2 Å². The molecule has 1 atom stereocenters. The zero-order valence-corrected chi connectivity index (χ0v) is 12.5. The Morgan fingerprint density at radius 3 is 2.55 bits per heavy atom. The van der Waals surface area contributed by atoms with Crippen LogP contribution in [0.5, 0.6) is 5.75 Å². The van der Waals surface area contributed by atoms with Gasteiger partial charge in [0, 0.05) is 11.9 Å². The van der Waals surface area contributed by atoms with Gasteiger partial charge in [0.1, 0.15) is 5.75 Å². The van der Waals surface area contributed by atoms with Gasteiger partial charge < -0.3 is 10.1 Å². The Bertz CT molecular complexity index is 519. The number of benzene rings is 1. The van der Waals surface area contributed by atoms with Gasteiger partial charge in [-0.15, -0.1) is 0 Å². The quantitative estimate of drug-likeness (QED) is 0.843. The van der Waals surface area contributed by atoms with Crippen LogP contribution in [0.25, 0.3) is 0 Å². The summed E-state index contributed by atoms with van der Waals surface area (Å²) in [6.45, 7) is 5.77. The molecule has 108 valence electrons. The molecule has 0 fully saturated rings. The van der Waals surface area contributed by atoms with Crippen molar-refractivity contribution in [2.45, 2.75) is 32.9 Å². The molecule has 0 saturated carbocycles. The number of aromatic nitrogens is 2. The van der Waals surface area contributed by atoms with Crippen LogP contribution in [0.15, 0.2) is 36.5 Å². The summed E-state index contributed by atoms with van der Waals surface area (Å²) in [5.41, 5.74) is 2.42. The van der Waals surface area contributed by atoms with Crippen molar-refractivity contribution in [1.82, 2.24) is 15.1 Å². The molecule has 0 amide bonds. The summed E-state index contributed by atoms with van der Waals surface area (Å²) in [6, 6.07) is 10.6. The second-order valence-corrected chi connectivity index (χ2v) is 4.91. The molecule has 1 aromatic carbocycles. The first-order valence-corrected chi connectivity index (χ1v) is 7.13. The molecule has 0 aliphatic rings. The highest BCUT2D eigenvalue weighted by atomic mass is 16.5. The molecule has 1 heterocycles. The van der Waals surface area contributed by atoms with Gasteiger partial charge in [-0.2, -0.15) is 5.10 Å². The lowest BCUT2D eigenvalue weighted by Gasteiger charge is -2.18. The molecule has 0 aliphatic carbocycles. The first-order chi connectivity index (χ1) is 9.74. The number of ether oxygens (including phenoxy) is 1. The van der Waals surface area contributed by atoms with E-state index in [1.165, 1.54) is 11.3 Å². The molecule has 0 radical (unpaired) electrons. The van der Waals surface area contributed by atoms with Crippen molar-refractivity contribution < 1.29 is 4.74 Å². The Kier molecular flexibility index (Phi) is 5.18. The molecular weight excluding hydrogens is 250 g/mol. The fourth-order valence-electron chi connectivity index (χ4n) is 2.14. The van der Waals surface area contributed by atoms with Crippen LogP contribution in [0.2, 0.25) is 0 Å². The maximum absolute atomic E-state index is 5.61. The van der Waals surface area contributed by atoms with Gasteiger partial charge in [-0.1, -0.05) is 19.1 Å². The second kappa shape index (κ2) is 7.10. The van der Waals surface area contributed by atoms with Crippen molar-refractivity contribution in [3.63, 3.8) is 0 Å². The van der Waals surface area contributed by atoms with E-state index in [0.29, 0.717) is 0 Å². The number of aryl methyl sites for hydroxylation is 1. The van der Waals surface area contributed by atoms with Crippen LogP contribution >= 0.6 is 0 Å². The van der Waals surface area contributed by atoms with E-state index < -0.39 is 0 Å². The minimum Gasteiger partial charge on any atom is -0.494 e. The molecule has 4 nitrogen and oxygen atoms in total. The summed E-state index contributed by atoms with van der Waals surface area (Å²) in [5.74, 6) is 0.931. The molecule has 2 rings (SSSR count). The van der Waals surface area contributed by atoms with Crippen molar-refractivity contribution in [3.8, 4) is 5.75 Å². The molecule has 1 aromatic heterocycles. The number of hydrogen-bond donors (Lipinski definition) is 1. The van der Waals surface area contributed by atoms with E-state index in [2.05, 4.69) is 36.4 Å². The van der Waals surface area contributed by atoms with Crippen LogP contribution in [0.4, 0.5) is 0 Å². The third kappa shape index (κ3) is 3.61. The van der Waals surface area contributed by atoms with Gasteiger partial charge in [0.25, 0.3) is 0 Å². The van der Waals surface area contributed by atoms with E-state index >= 15 is 0 Å². The van der Waals surface area contributed by atoms with E-state index in [1.807, 2.05) is 36.1 Å². The van der Waals surface area contributed by atoms with E-state index in [-0.39, 0.29) is 6.04 Å². The van der Waals surface area contributed by atoms with Gasteiger partial charge in [0.15, 0.2) is 0 Å². The summed E-state index contributed by atoms with van der Waals surface area (Å²) < 4.78 is 7.63. The summed E-state index contributed by atoms with van der Waals surface area (Å²) in [5, 5.41) is 7.68. The van der Waals surface area contributed by atoms with Crippen LogP contribution in [0.3, 0.4) is 0 Å². The van der Waals surface area contributed by atoms with E-state index in [9.17, 15) is 0 Å². The highest BCUT2D eigenvalue weighted by molar-refractivity contribution is 5.29. The van der Waals surface area contributed by atoms with E-state index in [4.69, 9.17) is 4.74 Å². The fourth-order valence-corrected chi connectivity index (χ4v) is 2.14. The molecule has 0 spiro atoms. The summed E-state index contributed by atoms with van der Waals surface area (Å²) in [7, 11) is 1.98. The largest absolute Gasteiger partial charge is 0.494 e. The number of hydrogen-bond acceptors (Lipinski definition) is 3. The summed E-state index contributed by atoms with van der Waals surface area (Å²) in [4.78, 5) is 0. The predicted octanol–water partition coefficient (Wildman–Crippen LogP) is 2.94. The highest BCUT2D eigenvalue weighted by Crippen LogP contribution is 2.19. The lowest BCUT2D eigenvalue weighted by atomic mass is 10.1. The monoisotopic (exact) mass is 273 g/mol. The van der Waals surface area contributed by atoms with Crippen LogP contribution < -0.4 is 10.1 Å². The predicted molar refractivity (Wildman–Crippen MR) is 81.0 cm³/mol. The Morgan fingerprint density at radius 2 is 2.00 bits per heavy atom. The number of nitrogens with one attached hydrogen (secondary N) is 1. The van der Waals surface area contributed by atoms with E-state index in [1.54, 1.807) is 0 Å². The molecule has 1 N–H and O–H groups in total. The number of nitrogens with zero attached hydrogens (tertiary/aromatic N) is 2. The maximum atomic E-state index is 5.61. The molecule has 2 aromatic rings. The van der Waals surface area contributed by atoms with Crippen molar-refractivity contribution in [1.29, 1.82) is 0 Å². The highest BCUT2D eigenvalue weighted by Gasteiger charge is 2.11.